The zero-order chi connectivity index (χ0) is 10.3. The summed E-state index contributed by atoms with van der Waals surface area (Å²) in [5.41, 5.74) is 1.13. The monoisotopic (exact) mass is 205 g/mol. The van der Waals surface area contributed by atoms with Gasteiger partial charge in [0.2, 0.25) is 0 Å². The first-order valence-corrected chi connectivity index (χ1v) is 5.76. The summed E-state index contributed by atoms with van der Waals surface area (Å²) in [6.07, 6.45) is 4.51. The molecule has 15 heavy (non-hydrogen) atoms. The number of aromatic nitrogens is 1. The van der Waals surface area contributed by atoms with Crippen molar-refractivity contribution < 1.29 is 0 Å². The lowest BCUT2D eigenvalue weighted by molar-refractivity contribution is 0.359. The molecule has 0 spiro atoms. The van der Waals surface area contributed by atoms with Crippen LogP contribution in [0.4, 0.5) is 0 Å². The Bertz CT molecular complexity index is 267. The smallest absolute Gasteiger partial charge is 0.0541 e. The van der Waals surface area contributed by atoms with E-state index in [1.165, 1.54) is 19.4 Å². The summed E-state index contributed by atoms with van der Waals surface area (Å²) in [4.78, 5) is 4.28. The van der Waals surface area contributed by atoms with E-state index in [1.54, 1.807) is 0 Å². The number of hydrogen-bond donors (Lipinski definition) is 2. The van der Waals surface area contributed by atoms with Crippen LogP contribution in [-0.4, -0.2) is 24.6 Å². The lowest BCUT2D eigenvalue weighted by Crippen LogP contribution is -2.35. The molecule has 0 aromatic carbocycles. The van der Waals surface area contributed by atoms with Crippen molar-refractivity contribution in [3.05, 3.63) is 30.1 Å². The fraction of sp³-hybridized carbons (Fsp3) is 0.583. The molecule has 3 heteroatoms. The highest BCUT2D eigenvalue weighted by molar-refractivity contribution is 5.02. The van der Waals surface area contributed by atoms with Crippen molar-refractivity contribution in [2.75, 3.05) is 19.6 Å². The molecule has 2 N–H and O–H groups in total. The fourth-order valence-electron chi connectivity index (χ4n) is 2.01. The van der Waals surface area contributed by atoms with Crippen LogP contribution in [0.25, 0.3) is 0 Å². The van der Waals surface area contributed by atoms with Crippen LogP contribution in [0.15, 0.2) is 24.4 Å². The van der Waals surface area contributed by atoms with E-state index in [4.69, 9.17) is 0 Å². The van der Waals surface area contributed by atoms with Crippen molar-refractivity contribution in [3.63, 3.8) is 0 Å². The highest BCUT2D eigenvalue weighted by Crippen LogP contribution is 2.08. The van der Waals surface area contributed by atoms with Crippen molar-refractivity contribution >= 4 is 0 Å². The van der Waals surface area contributed by atoms with E-state index < -0.39 is 0 Å². The quantitative estimate of drug-likeness (QED) is 0.775. The van der Waals surface area contributed by atoms with Gasteiger partial charge in [0.15, 0.2) is 0 Å². The summed E-state index contributed by atoms with van der Waals surface area (Å²) in [6.45, 7) is 4.34. The minimum Gasteiger partial charge on any atom is -0.316 e. The van der Waals surface area contributed by atoms with Crippen LogP contribution >= 0.6 is 0 Å². The first kappa shape index (κ1) is 10.6. The van der Waals surface area contributed by atoms with Gasteiger partial charge in [-0.25, -0.2) is 0 Å². The second-order valence-corrected chi connectivity index (χ2v) is 4.16. The lowest BCUT2D eigenvalue weighted by Gasteiger charge is -2.22. The zero-order valence-corrected chi connectivity index (χ0v) is 9.08. The number of nitrogens with zero attached hydrogens (tertiary/aromatic N) is 1. The summed E-state index contributed by atoms with van der Waals surface area (Å²) < 4.78 is 0. The van der Waals surface area contributed by atoms with E-state index in [0.29, 0.717) is 0 Å². The van der Waals surface area contributed by atoms with Crippen LogP contribution < -0.4 is 10.6 Å². The van der Waals surface area contributed by atoms with Crippen molar-refractivity contribution in [1.29, 1.82) is 0 Å². The van der Waals surface area contributed by atoms with Gasteiger partial charge in [0.05, 0.1) is 5.69 Å². The third kappa shape index (κ3) is 3.61. The molecule has 1 aliphatic rings. The molecule has 82 valence electrons. The average molecular weight is 205 g/mol. The van der Waals surface area contributed by atoms with Crippen LogP contribution in [0, 0.1) is 5.92 Å². The number of hydrogen-bond acceptors (Lipinski definition) is 3. The summed E-state index contributed by atoms with van der Waals surface area (Å²) in [5, 5.41) is 6.90. The Morgan fingerprint density at radius 3 is 3.20 bits per heavy atom. The zero-order valence-electron chi connectivity index (χ0n) is 9.08. The molecule has 1 atom stereocenters. The van der Waals surface area contributed by atoms with Crippen molar-refractivity contribution in [1.82, 2.24) is 15.6 Å². The van der Waals surface area contributed by atoms with Gasteiger partial charge in [-0.05, 0) is 50.5 Å². The maximum absolute atomic E-state index is 4.28. The predicted octanol–water partition coefficient (Wildman–Crippen LogP) is 1.17. The van der Waals surface area contributed by atoms with E-state index in [-0.39, 0.29) is 0 Å². The van der Waals surface area contributed by atoms with Gasteiger partial charge in [-0.2, -0.15) is 0 Å². The number of nitrogens with one attached hydrogen (secondary N) is 2. The minimum absolute atomic E-state index is 0.794. The van der Waals surface area contributed by atoms with E-state index in [2.05, 4.69) is 21.7 Å². The largest absolute Gasteiger partial charge is 0.316 e. The molecule has 0 radical (unpaired) electrons. The van der Waals surface area contributed by atoms with Gasteiger partial charge in [0, 0.05) is 12.7 Å². The second-order valence-electron chi connectivity index (χ2n) is 4.16. The molecular weight excluding hydrogens is 186 g/mol. The SMILES string of the molecule is c1ccc(CNC[C@@H]2CCCNC2)nc1. The Labute approximate surface area is 91.3 Å². The molecule has 1 aromatic rings. The fourth-order valence-corrected chi connectivity index (χ4v) is 2.01. The molecule has 0 saturated carbocycles. The van der Waals surface area contributed by atoms with Crippen molar-refractivity contribution in [3.8, 4) is 0 Å². The molecular formula is C12H19N3. The Morgan fingerprint density at radius 2 is 2.47 bits per heavy atom. The number of pyridine rings is 1. The van der Waals surface area contributed by atoms with Gasteiger partial charge in [0.1, 0.15) is 0 Å². The molecule has 1 fully saturated rings. The van der Waals surface area contributed by atoms with Crippen LogP contribution in [0.3, 0.4) is 0 Å². The average Bonchev–Trinajstić information content (AvgIpc) is 2.32. The van der Waals surface area contributed by atoms with Gasteiger partial charge in [-0.1, -0.05) is 6.07 Å². The minimum atomic E-state index is 0.794. The van der Waals surface area contributed by atoms with Gasteiger partial charge in [-0.3, -0.25) is 4.98 Å². The molecule has 2 rings (SSSR count). The van der Waals surface area contributed by atoms with Crippen LogP contribution in [0.5, 0.6) is 0 Å². The first-order chi connectivity index (χ1) is 7.45. The molecule has 1 aromatic heterocycles. The van der Waals surface area contributed by atoms with Crippen LogP contribution in [-0.2, 0) is 6.54 Å². The third-order valence-electron chi connectivity index (χ3n) is 2.86. The topological polar surface area (TPSA) is 37.0 Å². The van der Waals surface area contributed by atoms with Crippen LogP contribution in [0.2, 0.25) is 0 Å². The second kappa shape index (κ2) is 5.83. The first-order valence-electron chi connectivity index (χ1n) is 5.76. The van der Waals surface area contributed by atoms with Gasteiger partial charge in [0.25, 0.3) is 0 Å². The Morgan fingerprint density at radius 1 is 1.47 bits per heavy atom. The highest BCUT2D eigenvalue weighted by Gasteiger charge is 2.11. The van der Waals surface area contributed by atoms with E-state index in [0.717, 1.165) is 31.2 Å². The molecule has 1 aliphatic heterocycles. The number of piperidine rings is 1. The molecule has 3 nitrogen and oxygen atoms in total. The molecule has 1 saturated heterocycles. The van der Waals surface area contributed by atoms with Crippen molar-refractivity contribution in [2.45, 2.75) is 19.4 Å². The van der Waals surface area contributed by atoms with Crippen molar-refractivity contribution in [2.24, 2.45) is 5.92 Å². The molecule has 0 aliphatic carbocycles. The summed E-state index contributed by atoms with van der Waals surface area (Å²) in [6, 6.07) is 6.05. The van der Waals surface area contributed by atoms with E-state index in [1.807, 2.05) is 18.3 Å². The summed E-state index contributed by atoms with van der Waals surface area (Å²) in [7, 11) is 0. The lowest BCUT2D eigenvalue weighted by atomic mass is 10.00. The van der Waals surface area contributed by atoms with Gasteiger partial charge < -0.3 is 10.6 Å². The number of rotatable bonds is 4. The maximum atomic E-state index is 4.28. The Kier molecular flexibility index (Phi) is 4.11. The summed E-state index contributed by atoms with van der Waals surface area (Å²) in [5.74, 6) is 0.794. The normalized spacial score (nSPS) is 21.5. The Hall–Kier alpha value is -0.930. The Balaban J connectivity index is 1.66. The van der Waals surface area contributed by atoms with E-state index in [9.17, 15) is 0 Å². The van der Waals surface area contributed by atoms with Gasteiger partial charge >= 0.3 is 0 Å². The predicted molar refractivity (Wildman–Crippen MR) is 61.5 cm³/mol. The standard InChI is InChI=1S/C12H19N3/c1-2-7-15-12(5-1)10-14-9-11-4-3-6-13-8-11/h1-2,5,7,11,13-14H,3-4,6,8-10H2/t11-/m1/s1. The maximum Gasteiger partial charge on any atom is 0.0541 e. The third-order valence-corrected chi connectivity index (χ3v) is 2.86. The molecule has 0 amide bonds. The van der Waals surface area contributed by atoms with Gasteiger partial charge in [-0.15, -0.1) is 0 Å². The summed E-state index contributed by atoms with van der Waals surface area (Å²) >= 11 is 0. The van der Waals surface area contributed by atoms with Crippen LogP contribution in [0.1, 0.15) is 18.5 Å². The molecule has 2 heterocycles. The molecule has 0 bridgehead atoms. The highest BCUT2D eigenvalue weighted by atomic mass is 14.9. The van der Waals surface area contributed by atoms with E-state index >= 15 is 0 Å². The molecule has 0 unspecified atom stereocenters.